The molecule has 2 heterocycles. The first-order valence-corrected chi connectivity index (χ1v) is 20.2. The van der Waals surface area contributed by atoms with E-state index in [0.717, 1.165) is 22.7 Å². The molecule has 0 saturated heterocycles. The van der Waals surface area contributed by atoms with Gasteiger partial charge in [-0.15, -0.1) is 11.3 Å². The van der Waals surface area contributed by atoms with Gasteiger partial charge in [0, 0.05) is 53.7 Å². The van der Waals surface area contributed by atoms with Gasteiger partial charge < -0.3 is 9.47 Å². The predicted octanol–water partition coefficient (Wildman–Crippen LogP) is 15.6. The zero-order valence-corrected chi connectivity index (χ0v) is 31.9. The van der Waals surface area contributed by atoms with Crippen LogP contribution in [-0.2, 0) is 0 Å². The molecule has 9 aromatic carbocycles. The molecule has 3 heteroatoms. The summed E-state index contributed by atoms with van der Waals surface area (Å²) in [5.74, 6) is 0. The van der Waals surface area contributed by atoms with E-state index in [4.69, 9.17) is 0 Å². The summed E-state index contributed by atoms with van der Waals surface area (Å²) in [4.78, 5) is 2.42. The minimum Gasteiger partial charge on any atom is -0.310 e. The third-order valence-electron chi connectivity index (χ3n) is 11.2. The van der Waals surface area contributed by atoms with E-state index in [2.05, 4.69) is 228 Å². The summed E-state index contributed by atoms with van der Waals surface area (Å²) < 4.78 is 5.01. The molecule has 0 unspecified atom stereocenters. The van der Waals surface area contributed by atoms with Gasteiger partial charge >= 0.3 is 0 Å². The zero-order chi connectivity index (χ0) is 37.7. The van der Waals surface area contributed by atoms with Crippen molar-refractivity contribution in [2.24, 2.45) is 0 Å². The molecule has 2 nitrogen and oxygen atoms in total. The number of hydrogen-bond donors (Lipinski definition) is 0. The van der Waals surface area contributed by atoms with E-state index in [1.54, 1.807) is 0 Å². The number of nitrogens with zero attached hydrogens (tertiary/aromatic N) is 2. The molecule has 0 N–H and O–H groups in total. The molecule has 11 aromatic rings. The van der Waals surface area contributed by atoms with Crippen molar-refractivity contribution in [1.29, 1.82) is 0 Å². The SMILES string of the molecule is c1ccc(-c2ccc(N(c3ccc4c(c3)sc3ccccc34)c3ccc4c(c3)c3c(-c5ccccc5-c5ccccc5)cccc3n4-c3ccccc3)cc2)cc1. The summed E-state index contributed by atoms with van der Waals surface area (Å²) in [5.41, 5.74) is 14.1. The normalized spacial score (nSPS) is 11.5. The Bertz CT molecular complexity index is 3220. The van der Waals surface area contributed by atoms with Gasteiger partial charge in [-0.1, -0.05) is 152 Å². The molecule has 0 bridgehead atoms. The Kier molecular flexibility index (Phi) is 8.04. The van der Waals surface area contributed by atoms with Crippen molar-refractivity contribution < 1.29 is 0 Å². The van der Waals surface area contributed by atoms with Crippen molar-refractivity contribution in [2.45, 2.75) is 0 Å². The zero-order valence-electron chi connectivity index (χ0n) is 31.1. The highest BCUT2D eigenvalue weighted by atomic mass is 32.1. The van der Waals surface area contributed by atoms with Crippen molar-refractivity contribution >= 4 is 70.4 Å². The molecule has 2 aromatic heterocycles. The van der Waals surface area contributed by atoms with Crippen LogP contribution in [0.5, 0.6) is 0 Å². The molecule has 0 spiro atoms. The standard InChI is InChI=1S/C54H36N2S/c1-4-15-37(16-5-1)38-27-29-41(30-28-38)55(43-31-33-47-46-23-12-13-26-52(46)57-53(47)36-43)42-32-34-50-49(35-42)54-48(24-14-25-51(54)56(50)40-19-8-3-9-20-40)45-22-11-10-21-44(45)39-17-6-2-7-18-39/h1-36H. The molecular formula is C54H36N2S. The van der Waals surface area contributed by atoms with Crippen LogP contribution in [0.1, 0.15) is 0 Å². The lowest BCUT2D eigenvalue weighted by atomic mass is 9.92. The maximum atomic E-state index is 2.42. The first kappa shape index (κ1) is 33.2. The summed E-state index contributed by atoms with van der Waals surface area (Å²) in [7, 11) is 0. The molecule has 57 heavy (non-hydrogen) atoms. The van der Waals surface area contributed by atoms with Gasteiger partial charge in [-0.2, -0.15) is 0 Å². The van der Waals surface area contributed by atoms with Gasteiger partial charge in [0.15, 0.2) is 0 Å². The highest BCUT2D eigenvalue weighted by Gasteiger charge is 2.21. The van der Waals surface area contributed by atoms with Crippen LogP contribution in [0.4, 0.5) is 17.1 Å². The monoisotopic (exact) mass is 744 g/mol. The number of hydrogen-bond acceptors (Lipinski definition) is 2. The van der Waals surface area contributed by atoms with Gasteiger partial charge in [-0.05, 0) is 100 Å². The first-order chi connectivity index (χ1) is 28.3. The van der Waals surface area contributed by atoms with E-state index in [9.17, 15) is 0 Å². The third-order valence-corrected chi connectivity index (χ3v) is 12.3. The predicted molar refractivity (Wildman–Crippen MR) is 245 cm³/mol. The van der Waals surface area contributed by atoms with Crippen LogP contribution in [0.25, 0.3) is 81.0 Å². The van der Waals surface area contributed by atoms with Crippen LogP contribution in [0, 0.1) is 0 Å². The summed E-state index contributed by atoms with van der Waals surface area (Å²) in [6, 6.07) is 79.4. The molecule has 0 aliphatic rings. The smallest absolute Gasteiger partial charge is 0.0547 e. The molecule has 0 radical (unpaired) electrons. The van der Waals surface area contributed by atoms with Crippen molar-refractivity contribution in [1.82, 2.24) is 4.57 Å². The molecule has 0 fully saturated rings. The fourth-order valence-corrected chi connectivity index (χ4v) is 9.74. The van der Waals surface area contributed by atoms with E-state index in [-0.39, 0.29) is 0 Å². The Morgan fingerprint density at radius 1 is 0.333 bits per heavy atom. The Labute approximate surface area is 335 Å². The largest absolute Gasteiger partial charge is 0.310 e. The Morgan fingerprint density at radius 2 is 0.912 bits per heavy atom. The second-order valence-electron chi connectivity index (χ2n) is 14.5. The van der Waals surface area contributed by atoms with Gasteiger partial charge in [0.25, 0.3) is 0 Å². The molecule has 0 atom stereocenters. The van der Waals surface area contributed by atoms with Crippen LogP contribution in [-0.4, -0.2) is 4.57 Å². The number of fused-ring (bicyclic) bond motifs is 6. The number of thiophene rings is 1. The van der Waals surface area contributed by atoms with E-state index in [0.29, 0.717) is 0 Å². The molecule has 0 aliphatic carbocycles. The number of rotatable bonds is 7. The van der Waals surface area contributed by atoms with Crippen molar-refractivity contribution in [2.75, 3.05) is 4.90 Å². The lowest BCUT2D eigenvalue weighted by Gasteiger charge is -2.26. The highest BCUT2D eigenvalue weighted by Crippen LogP contribution is 2.46. The van der Waals surface area contributed by atoms with E-state index < -0.39 is 0 Å². The number of anilines is 3. The van der Waals surface area contributed by atoms with Gasteiger partial charge in [-0.3, -0.25) is 0 Å². The van der Waals surface area contributed by atoms with Crippen molar-refractivity contribution in [3.63, 3.8) is 0 Å². The number of aromatic nitrogens is 1. The molecule has 0 saturated carbocycles. The summed E-state index contributed by atoms with van der Waals surface area (Å²) in [6.45, 7) is 0. The van der Waals surface area contributed by atoms with Crippen LogP contribution in [0.15, 0.2) is 218 Å². The van der Waals surface area contributed by atoms with Crippen LogP contribution in [0.2, 0.25) is 0 Å². The average Bonchev–Trinajstić information content (AvgIpc) is 3.83. The van der Waals surface area contributed by atoms with E-state index in [1.165, 1.54) is 75.4 Å². The van der Waals surface area contributed by atoms with E-state index >= 15 is 0 Å². The highest BCUT2D eigenvalue weighted by molar-refractivity contribution is 7.25. The Hall–Kier alpha value is -7.20. The Balaban J connectivity index is 1.17. The van der Waals surface area contributed by atoms with Gasteiger partial charge in [0.05, 0.1) is 11.0 Å². The van der Waals surface area contributed by atoms with E-state index in [1.807, 2.05) is 11.3 Å². The van der Waals surface area contributed by atoms with Crippen LogP contribution >= 0.6 is 11.3 Å². The lowest BCUT2D eigenvalue weighted by molar-refractivity contribution is 1.18. The summed E-state index contributed by atoms with van der Waals surface area (Å²) in [6.07, 6.45) is 0. The maximum Gasteiger partial charge on any atom is 0.0547 e. The molecule has 268 valence electrons. The quantitative estimate of drug-likeness (QED) is 0.158. The fraction of sp³-hybridized carbons (Fsp3) is 0. The second-order valence-corrected chi connectivity index (χ2v) is 15.6. The van der Waals surface area contributed by atoms with Crippen molar-refractivity contribution in [3.8, 4) is 39.1 Å². The van der Waals surface area contributed by atoms with Gasteiger partial charge in [-0.25, -0.2) is 0 Å². The molecule has 11 rings (SSSR count). The van der Waals surface area contributed by atoms with Gasteiger partial charge in [0.1, 0.15) is 0 Å². The second kappa shape index (κ2) is 13.8. The molecular weight excluding hydrogens is 709 g/mol. The topological polar surface area (TPSA) is 8.17 Å². The lowest BCUT2D eigenvalue weighted by Crippen LogP contribution is -2.09. The summed E-state index contributed by atoms with van der Waals surface area (Å²) >= 11 is 1.86. The summed E-state index contributed by atoms with van der Waals surface area (Å²) in [5, 5.41) is 5.04. The van der Waals surface area contributed by atoms with Gasteiger partial charge in [0.2, 0.25) is 0 Å². The maximum absolute atomic E-state index is 2.42. The molecule has 0 aliphatic heterocycles. The van der Waals surface area contributed by atoms with Crippen LogP contribution < -0.4 is 4.90 Å². The minimum atomic E-state index is 1.11. The van der Waals surface area contributed by atoms with Crippen molar-refractivity contribution in [3.05, 3.63) is 218 Å². The molecule has 0 amide bonds. The number of benzene rings is 9. The average molecular weight is 745 g/mol. The first-order valence-electron chi connectivity index (χ1n) is 19.4. The third kappa shape index (κ3) is 5.71. The Morgan fingerprint density at radius 3 is 1.70 bits per heavy atom. The van der Waals surface area contributed by atoms with Crippen LogP contribution in [0.3, 0.4) is 0 Å². The number of para-hydroxylation sites is 1. The fourth-order valence-electron chi connectivity index (χ4n) is 8.60. The minimum absolute atomic E-state index is 1.11.